The van der Waals surface area contributed by atoms with Crippen molar-refractivity contribution in [3.63, 3.8) is 0 Å². The van der Waals surface area contributed by atoms with Crippen LogP contribution in [0.2, 0.25) is 0 Å². The van der Waals surface area contributed by atoms with Gasteiger partial charge >= 0.3 is 0 Å². The molecule has 0 bridgehead atoms. The summed E-state index contributed by atoms with van der Waals surface area (Å²) in [6, 6.07) is 6.12. The van der Waals surface area contributed by atoms with E-state index < -0.39 is 0 Å². The van der Waals surface area contributed by atoms with E-state index in [1.807, 2.05) is 19.2 Å². The van der Waals surface area contributed by atoms with Crippen LogP contribution in [-0.4, -0.2) is 26.6 Å². The quantitative estimate of drug-likeness (QED) is 0.749. The van der Waals surface area contributed by atoms with Crippen LogP contribution >= 0.6 is 23.1 Å². The lowest BCUT2D eigenvalue weighted by Gasteiger charge is -1.95. The van der Waals surface area contributed by atoms with Gasteiger partial charge in [0.1, 0.15) is 5.65 Å². The smallest absolute Gasteiger partial charge is 0.206 e. The zero-order valence-corrected chi connectivity index (χ0v) is 12.3. The fraction of sp³-hybridized carbons (Fsp3) is 0.250. The molecule has 3 heterocycles. The Kier molecular flexibility index (Phi) is 3.39. The number of hydrogen-bond donors (Lipinski definition) is 1. The van der Waals surface area contributed by atoms with Crippen LogP contribution in [0.4, 0.5) is 5.13 Å². The predicted octanol–water partition coefficient (Wildman–Crippen LogP) is 2.83. The topological polar surface area (TPSA) is 55.1 Å². The number of hydrogen-bond acceptors (Lipinski definition) is 6. The van der Waals surface area contributed by atoms with E-state index in [4.69, 9.17) is 0 Å². The molecular weight excluding hydrogens is 278 g/mol. The summed E-state index contributed by atoms with van der Waals surface area (Å²) in [6.45, 7) is 2.08. The first-order chi connectivity index (χ1) is 9.26. The second-order valence-electron chi connectivity index (χ2n) is 4.04. The number of pyridine rings is 1. The van der Waals surface area contributed by atoms with Gasteiger partial charge in [-0.3, -0.25) is 0 Å². The maximum atomic E-state index is 4.60. The van der Waals surface area contributed by atoms with Crippen molar-refractivity contribution in [2.75, 3.05) is 12.4 Å². The third-order valence-electron chi connectivity index (χ3n) is 2.71. The molecule has 0 aliphatic rings. The Morgan fingerprint density at radius 1 is 1.37 bits per heavy atom. The van der Waals surface area contributed by atoms with Gasteiger partial charge in [-0.15, -0.1) is 10.2 Å². The van der Waals surface area contributed by atoms with E-state index >= 15 is 0 Å². The summed E-state index contributed by atoms with van der Waals surface area (Å²) >= 11 is 3.22. The summed E-state index contributed by atoms with van der Waals surface area (Å²) in [6.07, 6.45) is 2.08. The minimum Gasteiger partial charge on any atom is -0.363 e. The van der Waals surface area contributed by atoms with Crippen molar-refractivity contribution in [1.29, 1.82) is 0 Å². The first kappa shape index (κ1) is 12.4. The van der Waals surface area contributed by atoms with Gasteiger partial charge in [0, 0.05) is 24.7 Å². The predicted molar refractivity (Wildman–Crippen MR) is 78.9 cm³/mol. The Morgan fingerprint density at radius 3 is 3.00 bits per heavy atom. The fourth-order valence-corrected chi connectivity index (χ4v) is 3.36. The minimum atomic E-state index is 0.805. The zero-order valence-electron chi connectivity index (χ0n) is 10.6. The van der Waals surface area contributed by atoms with Gasteiger partial charge in [-0.25, -0.2) is 4.98 Å². The molecule has 0 aliphatic carbocycles. The van der Waals surface area contributed by atoms with Gasteiger partial charge in [0.2, 0.25) is 5.13 Å². The van der Waals surface area contributed by atoms with Crippen LogP contribution in [0.3, 0.4) is 0 Å². The van der Waals surface area contributed by atoms with Gasteiger partial charge in [-0.1, -0.05) is 29.2 Å². The number of fused-ring (bicyclic) bond motifs is 1. The van der Waals surface area contributed by atoms with Crippen molar-refractivity contribution in [2.45, 2.75) is 17.0 Å². The largest absolute Gasteiger partial charge is 0.363 e. The highest BCUT2D eigenvalue weighted by Gasteiger charge is 2.07. The van der Waals surface area contributed by atoms with Crippen LogP contribution in [0.1, 0.15) is 11.4 Å². The molecule has 0 saturated heterocycles. The molecule has 19 heavy (non-hydrogen) atoms. The summed E-state index contributed by atoms with van der Waals surface area (Å²) in [5.74, 6) is 0.805. The second-order valence-corrected chi connectivity index (χ2v) is 6.24. The molecule has 0 unspecified atom stereocenters. The second kappa shape index (κ2) is 5.18. The van der Waals surface area contributed by atoms with Crippen molar-refractivity contribution in [3.05, 3.63) is 35.8 Å². The number of imidazole rings is 1. The van der Waals surface area contributed by atoms with E-state index in [0.717, 1.165) is 26.6 Å². The normalized spacial score (nSPS) is 11.1. The number of aromatic nitrogens is 4. The highest BCUT2D eigenvalue weighted by Crippen LogP contribution is 2.27. The van der Waals surface area contributed by atoms with Crippen molar-refractivity contribution < 1.29 is 0 Å². The van der Waals surface area contributed by atoms with Crippen molar-refractivity contribution >= 4 is 33.9 Å². The molecule has 7 heteroatoms. The highest BCUT2D eigenvalue weighted by atomic mass is 32.2. The molecule has 0 aliphatic heterocycles. The van der Waals surface area contributed by atoms with E-state index in [0.29, 0.717) is 0 Å². The monoisotopic (exact) mass is 291 g/mol. The van der Waals surface area contributed by atoms with Gasteiger partial charge in [0.15, 0.2) is 4.34 Å². The van der Waals surface area contributed by atoms with Crippen molar-refractivity contribution in [2.24, 2.45) is 0 Å². The maximum absolute atomic E-state index is 4.60. The van der Waals surface area contributed by atoms with Crippen molar-refractivity contribution in [3.8, 4) is 0 Å². The Balaban J connectivity index is 1.76. The van der Waals surface area contributed by atoms with E-state index in [2.05, 4.69) is 44.1 Å². The van der Waals surface area contributed by atoms with Crippen LogP contribution in [0.15, 0.2) is 28.7 Å². The van der Waals surface area contributed by atoms with E-state index in [1.54, 1.807) is 23.1 Å². The maximum Gasteiger partial charge on any atom is 0.206 e. The molecule has 3 rings (SSSR count). The minimum absolute atomic E-state index is 0.805. The number of anilines is 1. The molecule has 0 saturated carbocycles. The number of rotatable bonds is 4. The third-order valence-corrected chi connectivity index (χ3v) is 4.82. The lowest BCUT2D eigenvalue weighted by molar-refractivity contribution is 1.01. The Morgan fingerprint density at radius 2 is 2.26 bits per heavy atom. The van der Waals surface area contributed by atoms with E-state index in [1.165, 1.54) is 5.69 Å². The van der Waals surface area contributed by atoms with Gasteiger partial charge in [0.05, 0.1) is 5.69 Å². The molecule has 0 amide bonds. The molecule has 0 aromatic carbocycles. The van der Waals surface area contributed by atoms with Crippen LogP contribution in [0.5, 0.6) is 0 Å². The molecule has 3 aromatic rings. The van der Waals surface area contributed by atoms with Gasteiger partial charge < -0.3 is 9.72 Å². The van der Waals surface area contributed by atoms with Crippen LogP contribution in [0, 0.1) is 6.92 Å². The number of thioether (sulfide) groups is 1. The number of nitrogens with zero attached hydrogens (tertiary/aromatic N) is 4. The molecule has 0 spiro atoms. The summed E-state index contributed by atoms with van der Waals surface area (Å²) in [7, 11) is 1.85. The summed E-state index contributed by atoms with van der Waals surface area (Å²) in [5.41, 5.74) is 3.24. The Bertz CT molecular complexity index is 703. The Hall–Kier alpha value is -1.60. The van der Waals surface area contributed by atoms with Crippen LogP contribution in [-0.2, 0) is 5.75 Å². The molecule has 98 valence electrons. The van der Waals surface area contributed by atoms with Crippen LogP contribution in [0.25, 0.3) is 5.65 Å². The number of nitrogens with one attached hydrogen (secondary N) is 1. The van der Waals surface area contributed by atoms with E-state index in [9.17, 15) is 0 Å². The highest BCUT2D eigenvalue weighted by molar-refractivity contribution is 8.00. The summed E-state index contributed by atoms with van der Waals surface area (Å²) < 4.78 is 3.06. The van der Waals surface area contributed by atoms with Crippen molar-refractivity contribution in [1.82, 2.24) is 19.6 Å². The van der Waals surface area contributed by atoms with E-state index in [-0.39, 0.29) is 0 Å². The van der Waals surface area contributed by atoms with Crippen LogP contribution < -0.4 is 5.32 Å². The lowest BCUT2D eigenvalue weighted by atomic mass is 10.4. The molecule has 0 fully saturated rings. The molecule has 1 N–H and O–H groups in total. The summed E-state index contributed by atoms with van der Waals surface area (Å²) in [4.78, 5) is 4.60. The SMILES string of the molecule is CNc1nnc(SCc2cn3c(C)cccc3n2)s1. The average Bonchev–Trinajstić information content (AvgIpc) is 3.03. The van der Waals surface area contributed by atoms with Gasteiger partial charge in [0.25, 0.3) is 0 Å². The average molecular weight is 291 g/mol. The third kappa shape index (κ3) is 2.57. The Labute approximate surface area is 119 Å². The number of aryl methyl sites for hydroxylation is 1. The molecule has 0 radical (unpaired) electrons. The molecule has 5 nitrogen and oxygen atoms in total. The first-order valence-electron chi connectivity index (χ1n) is 5.84. The molecule has 3 aromatic heterocycles. The standard InChI is InChI=1S/C12H13N5S2/c1-8-4-3-5-10-14-9(6-17(8)10)7-18-12-16-15-11(13-2)19-12/h3-6H,7H2,1-2H3,(H,13,15). The van der Waals surface area contributed by atoms with Gasteiger partial charge in [-0.2, -0.15) is 0 Å². The first-order valence-corrected chi connectivity index (χ1v) is 7.64. The lowest BCUT2D eigenvalue weighted by Crippen LogP contribution is -1.86. The zero-order chi connectivity index (χ0) is 13.2. The molecular formula is C12H13N5S2. The fourth-order valence-electron chi connectivity index (χ4n) is 1.77. The van der Waals surface area contributed by atoms with Gasteiger partial charge in [-0.05, 0) is 19.1 Å². The summed E-state index contributed by atoms with van der Waals surface area (Å²) in [5, 5.41) is 12.0. The molecule has 0 atom stereocenters.